The molecule has 7 heteroatoms. The van der Waals surface area contributed by atoms with Gasteiger partial charge in [-0.15, -0.1) is 0 Å². The van der Waals surface area contributed by atoms with Gasteiger partial charge in [-0.3, -0.25) is 4.79 Å². The minimum absolute atomic E-state index is 0.0381. The van der Waals surface area contributed by atoms with Gasteiger partial charge >= 0.3 is 0 Å². The normalized spacial score (nSPS) is 17.5. The van der Waals surface area contributed by atoms with Crippen LogP contribution in [0.4, 0.5) is 0 Å². The van der Waals surface area contributed by atoms with E-state index >= 15 is 0 Å². The summed E-state index contributed by atoms with van der Waals surface area (Å²) in [7, 11) is 0. The third-order valence-electron chi connectivity index (χ3n) is 3.60. The first-order valence-corrected chi connectivity index (χ1v) is 7.11. The number of ether oxygens (including phenoxy) is 1. The molecule has 1 amide bonds. The van der Waals surface area contributed by atoms with Gasteiger partial charge in [0.1, 0.15) is 11.3 Å². The average Bonchev–Trinajstić information content (AvgIpc) is 2.94. The SMILES string of the molecule is NC(=NO)C1(NC(=O)COc2cccc(Cl)c2)CCCC1. The van der Waals surface area contributed by atoms with Crippen molar-refractivity contribution in [3.63, 3.8) is 0 Å². The molecule has 0 unspecified atom stereocenters. The Morgan fingerprint density at radius 1 is 1.48 bits per heavy atom. The molecule has 0 bridgehead atoms. The van der Waals surface area contributed by atoms with Crippen LogP contribution in [-0.4, -0.2) is 29.1 Å². The molecule has 114 valence electrons. The highest BCUT2D eigenvalue weighted by Crippen LogP contribution is 2.29. The van der Waals surface area contributed by atoms with Crippen LogP contribution in [0.5, 0.6) is 5.75 Å². The molecule has 1 aromatic rings. The second-order valence-corrected chi connectivity index (χ2v) is 5.51. The van der Waals surface area contributed by atoms with Gasteiger partial charge in [0.15, 0.2) is 12.4 Å². The Bertz CT molecular complexity index is 542. The lowest BCUT2D eigenvalue weighted by atomic mass is 9.96. The third-order valence-corrected chi connectivity index (χ3v) is 3.83. The number of halogens is 1. The molecule has 0 saturated heterocycles. The van der Waals surface area contributed by atoms with Crippen LogP contribution in [0.1, 0.15) is 25.7 Å². The molecule has 0 aliphatic heterocycles. The number of amides is 1. The number of rotatable bonds is 5. The van der Waals surface area contributed by atoms with Crippen molar-refractivity contribution in [1.82, 2.24) is 5.32 Å². The number of carbonyl (C=O) groups excluding carboxylic acids is 1. The maximum Gasteiger partial charge on any atom is 0.258 e. The lowest BCUT2D eigenvalue weighted by molar-refractivity contribution is -0.124. The molecule has 0 heterocycles. The van der Waals surface area contributed by atoms with E-state index in [2.05, 4.69) is 10.5 Å². The van der Waals surface area contributed by atoms with Crippen LogP contribution >= 0.6 is 11.6 Å². The van der Waals surface area contributed by atoms with Crippen LogP contribution in [0.2, 0.25) is 5.02 Å². The van der Waals surface area contributed by atoms with Gasteiger partial charge in [-0.25, -0.2) is 0 Å². The summed E-state index contributed by atoms with van der Waals surface area (Å²) >= 11 is 5.84. The number of hydrogen-bond acceptors (Lipinski definition) is 4. The lowest BCUT2D eigenvalue weighted by Crippen LogP contribution is -2.56. The molecule has 0 aromatic heterocycles. The highest BCUT2D eigenvalue weighted by molar-refractivity contribution is 6.30. The van der Waals surface area contributed by atoms with Crippen molar-refractivity contribution >= 4 is 23.3 Å². The summed E-state index contributed by atoms with van der Waals surface area (Å²) in [5.41, 5.74) is 4.96. The van der Waals surface area contributed by atoms with Crippen LogP contribution in [0.3, 0.4) is 0 Å². The third kappa shape index (κ3) is 3.78. The van der Waals surface area contributed by atoms with Gasteiger partial charge in [0, 0.05) is 5.02 Å². The van der Waals surface area contributed by atoms with Crippen molar-refractivity contribution in [2.75, 3.05) is 6.61 Å². The predicted molar refractivity (Wildman–Crippen MR) is 79.7 cm³/mol. The molecule has 0 radical (unpaired) electrons. The van der Waals surface area contributed by atoms with Gasteiger partial charge in [-0.2, -0.15) is 0 Å². The molecule has 1 aliphatic rings. The number of nitrogens with two attached hydrogens (primary N) is 1. The maximum atomic E-state index is 12.0. The van der Waals surface area contributed by atoms with E-state index in [-0.39, 0.29) is 18.3 Å². The van der Waals surface area contributed by atoms with Gasteiger partial charge in [0.2, 0.25) is 0 Å². The summed E-state index contributed by atoms with van der Waals surface area (Å²) < 4.78 is 5.38. The van der Waals surface area contributed by atoms with Crippen molar-refractivity contribution in [2.24, 2.45) is 10.9 Å². The van der Waals surface area contributed by atoms with Crippen LogP contribution in [0.25, 0.3) is 0 Å². The number of amidine groups is 1. The Morgan fingerprint density at radius 2 is 2.19 bits per heavy atom. The Hall–Kier alpha value is -1.95. The molecular weight excluding hydrogens is 294 g/mol. The molecule has 2 rings (SSSR count). The largest absolute Gasteiger partial charge is 0.484 e. The Morgan fingerprint density at radius 3 is 2.81 bits per heavy atom. The van der Waals surface area contributed by atoms with E-state index in [1.807, 2.05) is 0 Å². The second kappa shape index (κ2) is 6.67. The molecule has 1 aliphatic carbocycles. The predicted octanol–water partition coefficient (Wildman–Crippen LogP) is 1.89. The first-order valence-electron chi connectivity index (χ1n) is 6.73. The van der Waals surface area contributed by atoms with E-state index in [1.165, 1.54) is 0 Å². The van der Waals surface area contributed by atoms with Gasteiger partial charge in [0.25, 0.3) is 5.91 Å². The molecule has 1 saturated carbocycles. The van der Waals surface area contributed by atoms with Crippen LogP contribution in [-0.2, 0) is 4.79 Å². The highest BCUT2D eigenvalue weighted by atomic mass is 35.5. The van der Waals surface area contributed by atoms with Crippen LogP contribution in [0.15, 0.2) is 29.4 Å². The first-order chi connectivity index (χ1) is 10.1. The number of benzene rings is 1. The summed E-state index contributed by atoms with van der Waals surface area (Å²) in [6, 6.07) is 6.81. The topological polar surface area (TPSA) is 96.9 Å². The Labute approximate surface area is 127 Å². The summed E-state index contributed by atoms with van der Waals surface area (Å²) in [6.07, 6.45) is 3.16. The summed E-state index contributed by atoms with van der Waals surface area (Å²) in [5.74, 6) is 0.238. The fourth-order valence-corrected chi connectivity index (χ4v) is 2.71. The maximum absolute atomic E-state index is 12.0. The zero-order valence-electron chi connectivity index (χ0n) is 11.5. The average molecular weight is 312 g/mol. The fourth-order valence-electron chi connectivity index (χ4n) is 2.53. The number of nitrogens with one attached hydrogen (secondary N) is 1. The van der Waals surface area contributed by atoms with Crippen molar-refractivity contribution in [2.45, 2.75) is 31.2 Å². The zero-order chi connectivity index (χ0) is 15.3. The van der Waals surface area contributed by atoms with E-state index in [0.717, 1.165) is 12.8 Å². The van der Waals surface area contributed by atoms with E-state index < -0.39 is 5.54 Å². The summed E-state index contributed by atoms with van der Waals surface area (Å²) in [6.45, 7) is -0.152. The van der Waals surface area contributed by atoms with Crippen molar-refractivity contribution in [3.8, 4) is 5.75 Å². The van der Waals surface area contributed by atoms with E-state index in [0.29, 0.717) is 23.6 Å². The molecule has 1 aromatic carbocycles. The van der Waals surface area contributed by atoms with Crippen LogP contribution < -0.4 is 15.8 Å². The van der Waals surface area contributed by atoms with Crippen molar-refractivity contribution < 1.29 is 14.7 Å². The van der Waals surface area contributed by atoms with Crippen molar-refractivity contribution in [3.05, 3.63) is 29.3 Å². The van der Waals surface area contributed by atoms with Gasteiger partial charge in [0.05, 0.1) is 0 Å². The minimum Gasteiger partial charge on any atom is -0.484 e. The van der Waals surface area contributed by atoms with E-state index in [1.54, 1.807) is 24.3 Å². The van der Waals surface area contributed by atoms with Gasteiger partial charge in [-0.1, -0.05) is 35.7 Å². The van der Waals surface area contributed by atoms with Crippen LogP contribution in [0, 0.1) is 0 Å². The molecule has 4 N–H and O–H groups in total. The number of oxime groups is 1. The first kappa shape index (κ1) is 15.4. The molecule has 21 heavy (non-hydrogen) atoms. The Kier molecular flexibility index (Phi) is 4.90. The monoisotopic (exact) mass is 311 g/mol. The van der Waals surface area contributed by atoms with Gasteiger partial charge in [-0.05, 0) is 31.0 Å². The highest BCUT2D eigenvalue weighted by Gasteiger charge is 2.39. The molecule has 0 spiro atoms. The molecular formula is C14H18ClN3O3. The summed E-state index contributed by atoms with van der Waals surface area (Å²) in [5, 5.41) is 15.3. The molecule has 6 nitrogen and oxygen atoms in total. The van der Waals surface area contributed by atoms with E-state index in [4.69, 9.17) is 27.3 Å². The molecule has 1 fully saturated rings. The number of carbonyl (C=O) groups is 1. The standard InChI is InChI=1S/C14H18ClN3O3/c15-10-4-3-5-11(8-10)21-9-12(19)17-14(13(16)18-20)6-1-2-7-14/h3-5,8,20H,1-2,6-7,9H2,(H2,16,18)(H,17,19). The summed E-state index contributed by atoms with van der Waals surface area (Å²) in [4.78, 5) is 12.0. The fraction of sp³-hybridized carbons (Fsp3) is 0.429. The van der Waals surface area contributed by atoms with E-state index in [9.17, 15) is 4.79 Å². The molecule has 0 atom stereocenters. The van der Waals surface area contributed by atoms with Crippen molar-refractivity contribution in [1.29, 1.82) is 0 Å². The van der Waals surface area contributed by atoms with Gasteiger partial charge < -0.3 is 21.0 Å². The lowest BCUT2D eigenvalue weighted by Gasteiger charge is -2.28. The zero-order valence-corrected chi connectivity index (χ0v) is 12.3. The minimum atomic E-state index is -0.760. The smallest absolute Gasteiger partial charge is 0.258 e. The quantitative estimate of drug-likeness (QED) is 0.335. The Balaban J connectivity index is 1.94. The number of nitrogens with zero attached hydrogens (tertiary/aromatic N) is 1. The second-order valence-electron chi connectivity index (χ2n) is 5.07. The number of hydrogen-bond donors (Lipinski definition) is 3.